The summed E-state index contributed by atoms with van der Waals surface area (Å²) in [5, 5.41) is 4.49. The van der Waals surface area contributed by atoms with Gasteiger partial charge < -0.3 is 10.2 Å². The summed E-state index contributed by atoms with van der Waals surface area (Å²) < 4.78 is 28.3. The van der Waals surface area contributed by atoms with Crippen molar-refractivity contribution in [2.75, 3.05) is 12.4 Å². The van der Waals surface area contributed by atoms with Crippen molar-refractivity contribution in [2.45, 2.75) is 31.3 Å². The Morgan fingerprint density at radius 3 is 2.41 bits per heavy atom. The maximum absolute atomic E-state index is 12.5. The molecular weight excluding hydrogens is 454 g/mol. The molecule has 0 radical (unpaired) electrons. The molecule has 2 rings (SSSR count). The van der Waals surface area contributed by atoms with Crippen LogP contribution in [0.4, 0.5) is 5.69 Å². The highest BCUT2D eigenvalue weighted by molar-refractivity contribution is 9.10. The summed E-state index contributed by atoms with van der Waals surface area (Å²) in [7, 11) is -2.24. The second-order valence-corrected chi connectivity index (χ2v) is 9.60. The average Bonchev–Trinajstić information content (AvgIpc) is 2.98. The van der Waals surface area contributed by atoms with Gasteiger partial charge >= 0.3 is 0 Å². The van der Waals surface area contributed by atoms with E-state index in [0.29, 0.717) is 12.2 Å². The lowest BCUT2D eigenvalue weighted by molar-refractivity contribution is -0.131. The van der Waals surface area contributed by atoms with Gasteiger partial charge in [0.1, 0.15) is 0 Å². The Morgan fingerprint density at radius 2 is 1.89 bits per heavy atom. The van der Waals surface area contributed by atoms with Gasteiger partial charge in [0.25, 0.3) is 0 Å². The van der Waals surface area contributed by atoms with Crippen molar-refractivity contribution in [3.63, 3.8) is 0 Å². The highest BCUT2D eigenvalue weighted by Crippen LogP contribution is 2.21. The molecular formula is C17H20BrN3O4S2. The average molecular weight is 474 g/mol. The van der Waals surface area contributed by atoms with E-state index in [-0.39, 0.29) is 16.7 Å². The van der Waals surface area contributed by atoms with Crippen LogP contribution in [0.1, 0.15) is 18.7 Å². The van der Waals surface area contributed by atoms with Crippen LogP contribution in [0.5, 0.6) is 0 Å². The van der Waals surface area contributed by atoms with Crippen LogP contribution in [0, 0.1) is 0 Å². The van der Waals surface area contributed by atoms with E-state index in [9.17, 15) is 18.0 Å². The second-order valence-electron chi connectivity index (χ2n) is 5.97. The number of likely N-dealkylation sites (N-methyl/N-ethyl adjacent to an activating group) is 1. The number of amides is 2. The topological polar surface area (TPSA) is 95.6 Å². The lowest BCUT2D eigenvalue weighted by Crippen LogP contribution is -2.45. The third kappa shape index (κ3) is 6.13. The van der Waals surface area contributed by atoms with E-state index in [2.05, 4.69) is 26.0 Å². The fourth-order valence-electron chi connectivity index (χ4n) is 2.35. The number of halogens is 1. The fraction of sp³-hybridized carbons (Fsp3) is 0.294. The van der Waals surface area contributed by atoms with E-state index in [0.717, 1.165) is 9.35 Å². The van der Waals surface area contributed by atoms with Gasteiger partial charge in [0, 0.05) is 34.4 Å². The van der Waals surface area contributed by atoms with Gasteiger partial charge in [-0.1, -0.05) is 0 Å². The Balaban J connectivity index is 2.02. The number of carbonyl (C=O) groups is 2. The standard InChI is InChI=1S/C17H20BrN3O4S2/c1-11(17(23)21(3)9-15-8-13(18)10-26-15)20-27(24,25)16-6-4-14(5-7-16)19-12(2)22/h4-8,10-11,20H,9H2,1-3H3,(H,19,22)/t11-/m0/s1. The summed E-state index contributed by atoms with van der Waals surface area (Å²) in [6, 6.07) is 6.72. The number of hydrogen-bond acceptors (Lipinski definition) is 5. The molecule has 0 saturated heterocycles. The summed E-state index contributed by atoms with van der Waals surface area (Å²) in [4.78, 5) is 26.0. The Bertz CT molecular complexity index is 926. The van der Waals surface area contributed by atoms with Crippen LogP contribution in [0.15, 0.2) is 45.1 Å². The first-order chi connectivity index (χ1) is 12.6. The lowest BCUT2D eigenvalue weighted by Gasteiger charge is -2.21. The maximum Gasteiger partial charge on any atom is 0.241 e. The van der Waals surface area contributed by atoms with E-state index in [1.165, 1.54) is 54.3 Å². The number of rotatable bonds is 7. The van der Waals surface area contributed by atoms with E-state index < -0.39 is 16.1 Å². The molecule has 0 unspecified atom stereocenters. The van der Waals surface area contributed by atoms with Crippen molar-refractivity contribution in [1.82, 2.24) is 9.62 Å². The van der Waals surface area contributed by atoms with Gasteiger partial charge in [0.2, 0.25) is 21.8 Å². The molecule has 2 amide bonds. The molecule has 10 heteroatoms. The van der Waals surface area contributed by atoms with E-state index in [1.54, 1.807) is 7.05 Å². The summed E-state index contributed by atoms with van der Waals surface area (Å²) >= 11 is 4.88. The fourth-order valence-corrected chi connectivity index (χ4v) is 5.05. The van der Waals surface area contributed by atoms with E-state index in [1.807, 2.05) is 11.4 Å². The summed E-state index contributed by atoms with van der Waals surface area (Å²) in [5.41, 5.74) is 0.493. The molecule has 1 aromatic carbocycles. The van der Waals surface area contributed by atoms with Crippen molar-refractivity contribution >= 4 is 54.8 Å². The first-order valence-corrected chi connectivity index (χ1v) is 11.1. The van der Waals surface area contributed by atoms with Gasteiger partial charge in [-0.05, 0) is 53.2 Å². The molecule has 2 N–H and O–H groups in total. The largest absolute Gasteiger partial charge is 0.339 e. The number of benzene rings is 1. The molecule has 0 bridgehead atoms. The van der Waals surface area contributed by atoms with Crippen molar-refractivity contribution < 1.29 is 18.0 Å². The molecule has 27 heavy (non-hydrogen) atoms. The first kappa shape index (κ1) is 21.5. The van der Waals surface area contributed by atoms with Gasteiger partial charge in [-0.2, -0.15) is 4.72 Å². The highest BCUT2D eigenvalue weighted by atomic mass is 79.9. The SMILES string of the molecule is CC(=O)Nc1ccc(S(=O)(=O)N[C@@H](C)C(=O)N(C)Cc2cc(Br)cs2)cc1. The minimum atomic E-state index is -3.87. The Hall–Kier alpha value is -1.75. The molecule has 1 atom stereocenters. The van der Waals surface area contributed by atoms with Crippen molar-refractivity contribution in [2.24, 2.45) is 0 Å². The molecule has 0 aliphatic carbocycles. The number of nitrogens with zero attached hydrogens (tertiary/aromatic N) is 1. The van der Waals surface area contributed by atoms with Crippen LogP contribution in [0.3, 0.4) is 0 Å². The predicted molar refractivity (Wildman–Crippen MR) is 109 cm³/mol. The van der Waals surface area contributed by atoms with Crippen LogP contribution >= 0.6 is 27.3 Å². The molecule has 0 spiro atoms. The first-order valence-electron chi connectivity index (χ1n) is 7.96. The molecule has 0 aliphatic heterocycles. The van der Waals surface area contributed by atoms with E-state index in [4.69, 9.17) is 0 Å². The summed E-state index contributed by atoms with van der Waals surface area (Å²) in [6.45, 7) is 3.27. The highest BCUT2D eigenvalue weighted by Gasteiger charge is 2.24. The van der Waals surface area contributed by atoms with Crippen molar-refractivity contribution in [3.8, 4) is 0 Å². The van der Waals surface area contributed by atoms with Crippen LogP contribution < -0.4 is 10.0 Å². The minimum absolute atomic E-state index is 0.0149. The van der Waals surface area contributed by atoms with E-state index >= 15 is 0 Å². The van der Waals surface area contributed by atoms with Gasteiger partial charge in [0.15, 0.2) is 0 Å². The second kappa shape index (κ2) is 8.96. The third-order valence-corrected chi connectivity index (χ3v) is 6.82. The van der Waals surface area contributed by atoms with Crippen molar-refractivity contribution in [3.05, 3.63) is 45.1 Å². The molecule has 0 fully saturated rings. The predicted octanol–water partition coefficient (Wildman–Crippen LogP) is 2.79. The number of hydrogen-bond donors (Lipinski definition) is 2. The minimum Gasteiger partial charge on any atom is -0.339 e. The van der Waals surface area contributed by atoms with Crippen LogP contribution in [-0.4, -0.2) is 38.2 Å². The van der Waals surface area contributed by atoms with Gasteiger partial charge in [-0.25, -0.2) is 8.42 Å². The molecule has 0 aliphatic rings. The normalized spacial score (nSPS) is 12.4. The quantitative estimate of drug-likeness (QED) is 0.645. The molecule has 0 saturated carbocycles. The number of nitrogens with one attached hydrogen (secondary N) is 2. The Labute approximate surface area is 170 Å². The Kier molecular flexibility index (Phi) is 7.15. The monoisotopic (exact) mass is 473 g/mol. The maximum atomic E-state index is 12.5. The lowest BCUT2D eigenvalue weighted by atomic mass is 10.3. The summed E-state index contributed by atoms with van der Waals surface area (Å²) in [5.74, 6) is -0.582. The van der Waals surface area contributed by atoms with Gasteiger partial charge in [-0.3, -0.25) is 9.59 Å². The number of carbonyl (C=O) groups excluding carboxylic acids is 2. The van der Waals surface area contributed by atoms with Gasteiger partial charge in [0.05, 0.1) is 17.5 Å². The van der Waals surface area contributed by atoms with Gasteiger partial charge in [-0.15, -0.1) is 11.3 Å². The Morgan fingerprint density at radius 1 is 1.26 bits per heavy atom. The zero-order chi connectivity index (χ0) is 20.2. The number of anilines is 1. The molecule has 7 nitrogen and oxygen atoms in total. The zero-order valence-electron chi connectivity index (χ0n) is 15.0. The number of sulfonamides is 1. The van der Waals surface area contributed by atoms with Crippen LogP contribution in [-0.2, 0) is 26.2 Å². The number of thiophene rings is 1. The third-order valence-electron chi connectivity index (χ3n) is 3.58. The molecule has 1 aromatic heterocycles. The summed E-state index contributed by atoms with van der Waals surface area (Å²) in [6.07, 6.45) is 0. The van der Waals surface area contributed by atoms with Crippen LogP contribution in [0.25, 0.3) is 0 Å². The van der Waals surface area contributed by atoms with Crippen LogP contribution in [0.2, 0.25) is 0 Å². The molecule has 2 aromatic rings. The van der Waals surface area contributed by atoms with Crippen molar-refractivity contribution in [1.29, 1.82) is 0 Å². The zero-order valence-corrected chi connectivity index (χ0v) is 18.2. The molecule has 146 valence electrons. The smallest absolute Gasteiger partial charge is 0.241 e. The molecule has 1 heterocycles.